The van der Waals surface area contributed by atoms with Gasteiger partial charge in [-0.2, -0.15) is 12.6 Å². The normalized spacial score (nSPS) is 10.3. The lowest BCUT2D eigenvalue weighted by Crippen LogP contribution is -2.00. The molecule has 0 saturated heterocycles. The van der Waals surface area contributed by atoms with Gasteiger partial charge in [-0.25, -0.2) is 4.98 Å². The van der Waals surface area contributed by atoms with Crippen LogP contribution in [0.4, 0.5) is 0 Å². The molecule has 0 saturated carbocycles. The van der Waals surface area contributed by atoms with Crippen LogP contribution in [0.15, 0.2) is 36.5 Å². The molecule has 0 amide bonds. The lowest BCUT2D eigenvalue weighted by atomic mass is 10.3. The Labute approximate surface area is 105 Å². The fourth-order valence-electron chi connectivity index (χ4n) is 1.31. The fraction of sp³-hybridized carbons (Fsp3) is 0.250. The zero-order valence-electron chi connectivity index (χ0n) is 8.80. The maximum absolute atomic E-state index is 5.60. The minimum atomic E-state index is 0.670. The molecule has 0 atom stereocenters. The molecule has 2 aromatic rings. The van der Waals surface area contributed by atoms with Crippen molar-refractivity contribution < 1.29 is 4.74 Å². The second kappa shape index (κ2) is 5.92. The number of thiazole rings is 1. The molecule has 0 aliphatic rings. The third-order valence-electron chi connectivity index (χ3n) is 2.09. The van der Waals surface area contributed by atoms with E-state index in [4.69, 9.17) is 4.74 Å². The summed E-state index contributed by atoms with van der Waals surface area (Å²) in [4.78, 5) is 5.51. The lowest BCUT2D eigenvalue weighted by Gasteiger charge is -2.03. The fourth-order valence-corrected chi connectivity index (χ4v) is 2.35. The monoisotopic (exact) mass is 251 g/mol. The Bertz CT molecular complexity index is 428. The van der Waals surface area contributed by atoms with Crippen LogP contribution < -0.4 is 4.74 Å². The van der Waals surface area contributed by atoms with Crippen molar-refractivity contribution in [1.82, 2.24) is 4.98 Å². The van der Waals surface area contributed by atoms with Gasteiger partial charge in [-0.15, -0.1) is 11.3 Å². The summed E-state index contributed by atoms with van der Waals surface area (Å²) in [5.41, 5.74) is 0. The molecule has 16 heavy (non-hydrogen) atoms. The average Bonchev–Trinajstić information content (AvgIpc) is 2.78. The quantitative estimate of drug-likeness (QED) is 0.824. The summed E-state index contributed by atoms with van der Waals surface area (Å²) in [5, 5.41) is 1.11. The number of benzene rings is 1. The van der Waals surface area contributed by atoms with Crippen molar-refractivity contribution in [1.29, 1.82) is 0 Å². The molecule has 0 unspecified atom stereocenters. The molecule has 0 aliphatic heterocycles. The van der Waals surface area contributed by atoms with Gasteiger partial charge in [-0.1, -0.05) is 18.2 Å². The van der Waals surface area contributed by atoms with E-state index in [0.29, 0.717) is 6.61 Å². The molecule has 1 aromatic heterocycles. The Balaban J connectivity index is 1.80. The predicted octanol–water partition coefficient (Wildman–Crippen LogP) is 3.19. The van der Waals surface area contributed by atoms with E-state index in [-0.39, 0.29) is 0 Å². The van der Waals surface area contributed by atoms with Gasteiger partial charge in [0.05, 0.1) is 11.6 Å². The van der Waals surface area contributed by atoms with Crippen LogP contribution in [0.25, 0.3) is 0 Å². The number of rotatable bonds is 5. The number of hydrogen-bond acceptors (Lipinski definition) is 4. The lowest BCUT2D eigenvalue weighted by molar-refractivity contribution is 0.322. The maximum atomic E-state index is 5.60. The van der Waals surface area contributed by atoms with Gasteiger partial charge in [0.2, 0.25) is 0 Å². The van der Waals surface area contributed by atoms with Crippen molar-refractivity contribution in [2.45, 2.75) is 12.2 Å². The van der Waals surface area contributed by atoms with Crippen LogP contribution in [0, 0.1) is 0 Å². The molecule has 0 N–H and O–H groups in total. The van der Waals surface area contributed by atoms with Crippen molar-refractivity contribution in [2.24, 2.45) is 0 Å². The summed E-state index contributed by atoms with van der Waals surface area (Å²) < 4.78 is 5.60. The van der Waals surface area contributed by atoms with E-state index in [0.717, 1.165) is 22.9 Å². The summed E-state index contributed by atoms with van der Waals surface area (Å²) >= 11 is 5.91. The van der Waals surface area contributed by atoms with Crippen LogP contribution in [-0.2, 0) is 12.2 Å². The summed E-state index contributed by atoms with van der Waals surface area (Å²) in [5.74, 6) is 1.67. The van der Waals surface area contributed by atoms with Gasteiger partial charge in [-0.05, 0) is 12.1 Å². The van der Waals surface area contributed by atoms with E-state index in [1.807, 2.05) is 36.5 Å². The summed E-state index contributed by atoms with van der Waals surface area (Å²) in [6.45, 7) is 0.670. The van der Waals surface area contributed by atoms with Gasteiger partial charge in [0.15, 0.2) is 0 Å². The molecule has 0 radical (unpaired) electrons. The van der Waals surface area contributed by atoms with E-state index in [9.17, 15) is 0 Å². The average molecular weight is 251 g/mol. The van der Waals surface area contributed by atoms with E-state index >= 15 is 0 Å². The Hall–Kier alpha value is -1.00. The van der Waals surface area contributed by atoms with E-state index in [2.05, 4.69) is 17.6 Å². The molecular weight excluding hydrogens is 238 g/mol. The van der Waals surface area contributed by atoms with Gasteiger partial charge >= 0.3 is 0 Å². The molecule has 0 bridgehead atoms. The minimum Gasteiger partial charge on any atom is -0.493 e. The molecular formula is C12H13NOS2. The SMILES string of the molecule is SCc1cnc(CCOc2ccccc2)s1. The van der Waals surface area contributed by atoms with Crippen LogP contribution in [0.1, 0.15) is 9.88 Å². The second-order valence-corrected chi connectivity index (χ2v) is 4.81. The zero-order chi connectivity index (χ0) is 11.2. The highest BCUT2D eigenvalue weighted by Crippen LogP contribution is 2.16. The van der Waals surface area contributed by atoms with Crippen LogP contribution in [-0.4, -0.2) is 11.6 Å². The van der Waals surface area contributed by atoms with Gasteiger partial charge in [0, 0.05) is 23.2 Å². The Morgan fingerprint density at radius 2 is 2.06 bits per heavy atom. The first-order valence-corrected chi connectivity index (χ1v) is 6.55. The largest absolute Gasteiger partial charge is 0.493 e. The van der Waals surface area contributed by atoms with Crippen LogP contribution >= 0.6 is 24.0 Å². The number of hydrogen-bond donors (Lipinski definition) is 1. The first kappa shape index (κ1) is 11.5. The van der Waals surface area contributed by atoms with Crippen molar-refractivity contribution >= 4 is 24.0 Å². The van der Waals surface area contributed by atoms with Crippen LogP contribution in [0.2, 0.25) is 0 Å². The molecule has 4 heteroatoms. The van der Waals surface area contributed by atoms with Gasteiger partial charge < -0.3 is 4.74 Å². The highest BCUT2D eigenvalue weighted by atomic mass is 32.1. The predicted molar refractivity (Wildman–Crippen MR) is 70.4 cm³/mol. The molecule has 84 valence electrons. The van der Waals surface area contributed by atoms with Gasteiger partial charge in [0.1, 0.15) is 5.75 Å². The highest BCUT2D eigenvalue weighted by Gasteiger charge is 2.00. The van der Waals surface area contributed by atoms with E-state index in [1.165, 1.54) is 4.88 Å². The Morgan fingerprint density at radius 1 is 1.25 bits per heavy atom. The molecule has 2 rings (SSSR count). The third-order valence-corrected chi connectivity index (χ3v) is 3.70. The molecule has 2 nitrogen and oxygen atoms in total. The van der Waals surface area contributed by atoms with Crippen molar-refractivity contribution in [3.63, 3.8) is 0 Å². The van der Waals surface area contributed by atoms with Gasteiger partial charge in [-0.3, -0.25) is 0 Å². The maximum Gasteiger partial charge on any atom is 0.119 e. The standard InChI is InChI=1S/C12H13NOS2/c15-9-11-8-13-12(16-11)6-7-14-10-4-2-1-3-5-10/h1-5,8,15H,6-7,9H2. The summed E-state index contributed by atoms with van der Waals surface area (Å²) in [7, 11) is 0. The van der Waals surface area contributed by atoms with Crippen molar-refractivity contribution in [2.75, 3.05) is 6.61 Å². The first-order valence-electron chi connectivity index (χ1n) is 5.11. The van der Waals surface area contributed by atoms with Crippen LogP contribution in [0.5, 0.6) is 5.75 Å². The topological polar surface area (TPSA) is 22.1 Å². The Morgan fingerprint density at radius 3 is 2.75 bits per heavy atom. The molecule has 0 spiro atoms. The number of thiol groups is 1. The van der Waals surface area contributed by atoms with Crippen molar-refractivity contribution in [3.8, 4) is 5.75 Å². The van der Waals surface area contributed by atoms with Gasteiger partial charge in [0.25, 0.3) is 0 Å². The van der Waals surface area contributed by atoms with E-state index in [1.54, 1.807) is 11.3 Å². The van der Waals surface area contributed by atoms with Crippen LogP contribution in [0.3, 0.4) is 0 Å². The van der Waals surface area contributed by atoms with Crippen molar-refractivity contribution in [3.05, 3.63) is 46.4 Å². The molecule has 1 aromatic carbocycles. The smallest absolute Gasteiger partial charge is 0.119 e. The zero-order valence-corrected chi connectivity index (χ0v) is 10.5. The highest BCUT2D eigenvalue weighted by molar-refractivity contribution is 7.79. The first-order chi connectivity index (χ1) is 7.88. The Kier molecular flexibility index (Phi) is 4.25. The number of nitrogens with zero attached hydrogens (tertiary/aromatic N) is 1. The summed E-state index contributed by atoms with van der Waals surface area (Å²) in [6, 6.07) is 9.84. The summed E-state index contributed by atoms with van der Waals surface area (Å²) in [6.07, 6.45) is 2.74. The molecule has 1 heterocycles. The number of ether oxygens (including phenoxy) is 1. The molecule has 0 aliphatic carbocycles. The second-order valence-electron chi connectivity index (χ2n) is 3.29. The molecule has 0 fully saturated rings. The van der Waals surface area contributed by atoms with E-state index < -0.39 is 0 Å². The number of aromatic nitrogens is 1. The number of para-hydroxylation sites is 1. The minimum absolute atomic E-state index is 0.670. The third kappa shape index (κ3) is 3.25.